The third kappa shape index (κ3) is 3.05. The summed E-state index contributed by atoms with van der Waals surface area (Å²) in [5.41, 5.74) is 1.70. The van der Waals surface area contributed by atoms with E-state index in [4.69, 9.17) is 4.74 Å². The van der Waals surface area contributed by atoms with Gasteiger partial charge in [0.05, 0.1) is 12.6 Å². The number of benzene rings is 1. The van der Waals surface area contributed by atoms with Crippen LogP contribution in [0.3, 0.4) is 0 Å². The third-order valence-electron chi connectivity index (χ3n) is 3.36. The monoisotopic (exact) mass is 300 g/mol. The van der Waals surface area contributed by atoms with Crippen LogP contribution in [0.15, 0.2) is 35.5 Å². The zero-order valence-electron chi connectivity index (χ0n) is 12.9. The maximum atomic E-state index is 11.8. The summed E-state index contributed by atoms with van der Waals surface area (Å²) in [5.74, 6) is 0.449. The van der Waals surface area contributed by atoms with Crippen LogP contribution in [-0.4, -0.2) is 29.2 Å². The number of carbonyl (C=O) groups excluding carboxylic acids is 1. The molecule has 3 rings (SSSR count). The highest BCUT2D eigenvalue weighted by Gasteiger charge is 2.24. The second-order valence-electron chi connectivity index (χ2n) is 6.30. The van der Waals surface area contributed by atoms with Gasteiger partial charge >= 0.3 is 6.09 Å². The molecule has 0 saturated heterocycles. The van der Waals surface area contributed by atoms with Crippen molar-refractivity contribution in [2.24, 2.45) is 4.99 Å². The number of fused-ring (bicyclic) bond motifs is 1. The van der Waals surface area contributed by atoms with Gasteiger partial charge in [-0.15, -0.1) is 0 Å². The van der Waals surface area contributed by atoms with E-state index < -0.39 is 11.7 Å². The molecule has 0 radical (unpaired) electrons. The summed E-state index contributed by atoms with van der Waals surface area (Å²) >= 11 is 0. The number of aromatic nitrogens is 1. The van der Waals surface area contributed by atoms with Crippen molar-refractivity contribution in [3.63, 3.8) is 0 Å². The first kappa shape index (κ1) is 14.4. The molecule has 1 amide bonds. The van der Waals surface area contributed by atoms with E-state index in [0.717, 1.165) is 16.5 Å². The molecule has 2 heterocycles. The molecule has 6 nitrogen and oxygen atoms in total. The van der Waals surface area contributed by atoms with Gasteiger partial charge in [0.2, 0.25) is 5.96 Å². The van der Waals surface area contributed by atoms with Crippen LogP contribution in [0.5, 0.6) is 0 Å². The van der Waals surface area contributed by atoms with E-state index in [1.165, 1.54) is 0 Å². The van der Waals surface area contributed by atoms with Crippen molar-refractivity contribution in [2.75, 3.05) is 6.54 Å². The van der Waals surface area contributed by atoms with Crippen LogP contribution >= 0.6 is 0 Å². The van der Waals surface area contributed by atoms with Gasteiger partial charge in [-0.1, -0.05) is 18.2 Å². The van der Waals surface area contributed by atoms with Crippen LogP contribution in [-0.2, 0) is 4.74 Å². The molecular formula is C16H20N4O2. The van der Waals surface area contributed by atoms with Crippen LogP contribution in [0.1, 0.15) is 32.4 Å². The zero-order chi connectivity index (χ0) is 15.7. The highest BCUT2D eigenvalue weighted by Crippen LogP contribution is 2.25. The van der Waals surface area contributed by atoms with Gasteiger partial charge in [-0.2, -0.15) is 0 Å². The number of nitrogens with zero attached hydrogens (tertiary/aromatic N) is 1. The van der Waals surface area contributed by atoms with E-state index in [1.807, 2.05) is 45.2 Å². The van der Waals surface area contributed by atoms with Crippen molar-refractivity contribution < 1.29 is 9.53 Å². The molecule has 116 valence electrons. The number of hydrogen-bond acceptors (Lipinski definition) is 4. The molecule has 3 N–H and O–H groups in total. The molecular weight excluding hydrogens is 280 g/mol. The summed E-state index contributed by atoms with van der Waals surface area (Å²) in [6, 6.07) is 8.16. The Kier molecular flexibility index (Phi) is 3.52. The fraction of sp³-hybridized carbons (Fsp3) is 0.375. The molecule has 1 unspecified atom stereocenters. The molecule has 6 heteroatoms. The van der Waals surface area contributed by atoms with Crippen molar-refractivity contribution in [3.8, 4) is 0 Å². The van der Waals surface area contributed by atoms with Crippen LogP contribution in [0.25, 0.3) is 10.9 Å². The molecule has 1 aromatic heterocycles. The van der Waals surface area contributed by atoms with Gasteiger partial charge in [0.1, 0.15) is 5.60 Å². The molecule has 0 fully saturated rings. The van der Waals surface area contributed by atoms with E-state index in [0.29, 0.717) is 12.5 Å². The number of H-pyrrole nitrogens is 1. The Morgan fingerprint density at radius 2 is 2.14 bits per heavy atom. The van der Waals surface area contributed by atoms with E-state index in [1.54, 1.807) is 0 Å². The topological polar surface area (TPSA) is 78.5 Å². The zero-order valence-corrected chi connectivity index (χ0v) is 12.9. The number of rotatable bonds is 1. The lowest BCUT2D eigenvalue weighted by Gasteiger charge is -2.20. The van der Waals surface area contributed by atoms with E-state index >= 15 is 0 Å². The van der Waals surface area contributed by atoms with Crippen LogP contribution in [0.4, 0.5) is 4.79 Å². The van der Waals surface area contributed by atoms with Gasteiger partial charge in [-0.25, -0.2) is 4.79 Å². The van der Waals surface area contributed by atoms with Crippen molar-refractivity contribution in [3.05, 3.63) is 36.0 Å². The molecule has 0 aliphatic carbocycles. The van der Waals surface area contributed by atoms with Gasteiger partial charge in [0, 0.05) is 22.7 Å². The predicted molar refractivity (Wildman–Crippen MR) is 85.8 cm³/mol. The first-order valence-electron chi connectivity index (χ1n) is 7.29. The SMILES string of the molecule is CC(C)(C)OC(=O)NC1=NCC(c2c[nH]c3ccccc23)N1. The quantitative estimate of drug-likeness (QED) is 0.757. The minimum Gasteiger partial charge on any atom is -0.444 e. The van der Waals surface area contributed by atoms with Gasteiger partial charge in [0.25, 0.3) is 0 Å². The van der Waals surface area contributed by atoms with Crippen molar-refractivity contribution in [1.29, 1.82) is 0 Å². The predicted octanol–water partition coefficient (Wildman–Crippen LogP) is 2.69. The second-order valence-corrected chi connectivity index (χ2v) is 6.30. The van der Waals surface area contributed by atoms with Crippen molar-refractivity contribution in [2.45, 2.75) is 32.4 Å². The lowest BCUT2D eigenvalue weighted by molar-refractivity contribution is 0.0561. The van der Waals surface area contributed by atoms with Gasteiger partial charge < -0.3 is 15.0 Å². The summed E-state index contributed by atoms with van der Waals surface area (Å²) < 4.78 is 5.22. The smallest absolute Gasteiger partial charge is 0.414 e. The fourth-order valence-corrected chi connectivity index (χ4v) is 2.47. The molecule has 0 saturated carbocycles. The Labute approximate surface area is 129 Å². The van der Waals surface area contributed by atoms with Gasteiger partial charge in [-0.3, -0.25) is 10.3 Å². The number of guanidine groups is 1. The lowest BCUT2D eigenvalue weighted by Crippen LogP contribution is -2.42. The Hall–Kier alpha value is -2.50. The average Bonchev–Trinajstić information content (AvgIpc) is 3.02. The summed E-state index contributed by atoms with van der Waals surface area (Å²) in [4.78, 5) is 19.3. The number of aromatic amines is 1. The number of carbonyl (C=O) groups is 1. The Bertz CT molecular complexity index is 727. The second kappa shape index (κ2) is 5.36. The van der Waals surface area contributed by atoms with Crippen LogP contribution in [0.2, 0.25) is 0 Å². The third-order valence-corrected chi connectivity index (χ3v) is 3.36. The minimum atomic E-state index is -0.528. The van der Waals surface area contributed by atoms with Gasteiger partial charge in [-0.05, 0) is 26.8 Å². The van der Waals surface area contributed by atoms with Crippen LogP contribution in [0, 0.1) is 0 Å². The minimum absolute atomic E-state index is 0.0427. The Morgan fingerprint density at radius 3 is 2.91 bits per heavy atom. The van der Waals surface area contributed by atoms with E-state index in [9.17, 15) is 4.79 Å². The maximum absolute atomic E-state index is 11.8. The highest BCUT2D eigenvalue weighted by atomic mass is 16.6. The molecule has 1 aliphatic rings. The summed E-state index contributed by atoms with van der Waals surface area (Å²) in [6.45, 7) is 6.05. The van der Waals surface area contributed by atoms with Crippen molar-refractivity contribution >= 4 is 23.0 Å². The summed E-state index contributed by atoms with van der Waals surface area (Å²) in [5, 5.41) is 7.02. The Balaban J connectivity index is 1.66. The van der Waals surface area contributed by atoms with E-state index in [-0.39, 0.29) is 6.04 Å². The molecule has 1 aliphatic heterocycles. The van der Waals surface area contributed by atoms with Crippen LogP contribution < -0.4 is 10.6 Å². The highest BCUT2D eigenvalue weighted by molar-refractivity contribution is 5.95. The molecule has 0 spiro atoms. The molecule has 2 aromatic rings. The number of alkyl carbamates (subject to hydrolysis) is 1. The maximum Gasteiger partial charge on any atom is 0.414 e. The van der Waals surface area contributed by atoms with E-state index in [2.05, 4.69) is 26.7 Å². The number of ether oxygens (including phenoxy) is 1. The first-order valence-corrected chi connectivity index (χ1v) is 7.29. The standard InChI is InChI=1S/C16H20N4O2/c1-16(2,3)22-15(21)20-14-18-9-13(19-14)11-8-17-12-7-5-4-6-10(11)12/h4-8,13,17H,9H2,1-3H3,(H2,18,19,20,21). The summed E-state index contributed by atoms with van der Waals surface area (Å²) in [7, 11) is 0. The number of hydrogen-bond donors (Lipinski definition) is 3. The number of aliphatic imine (C=N–C) groups is 1. The Morgan fingerprint density at radius 1 is 1.36 bits per heavy atom. The normalized spacial score (nSPS) is 18.0. The van der Waals surface area contributed by atoms with Gasteiger partial charge in [0.15, 0.2) is 0 Å². The number of nitrogens with one attached hydrogen (secondary N) is 3. The van der Waals surface area contributed by atoms with Crippen molar-refractivity contribution in [1.82, 2.24) is 15.6 Å². The molecule has 22 heavy (non-hydrogen) atoms. The molecule has 0 bridgehead atoms. The fourth-order valence-electron chi connectivity index (χ4n) is 2.47. The lowest BCUT2D eigenvalue weighted by atomic mass is 10.1. The summed E-state index contributed by atoms with van der Waals surface area (Å²) in [6.07, 6.45) is 1.48. The molecule has 1 atom stereocenters. The number of amides is 1. The largest absolute Gasteiger partial charge is 0.444 e. The average molecular weight is 300 g/mol. The first-order chi connectivity index (χ1) is 10.4. The number of para-hydroxylation sites is 1. The molecule has 1 aromatic carbocycles.